The van der Waals surface area contributed by atoms with E-state index in [0.717, 1.165) is 12.1 Å². The molecular formula is C14H21NO2. The Balaban J connectivity index is 1.97. The van der Waals surface area contributed by atoms with Crippen LogP contribution in [0.4, 0.5) is 0 Å². The number of nitrogens with one attached hydrogen (secondary N) is 1. The summed E-state index contributed by atoms with van der Waals surface area (Å²) in [6, 6.07) is 5.57. The van der Waals surface area contributed by atoms with Crippen molar-refractivity contribution in [2.75, 3.05) is 7.11 Å². The summed E-state index contributed by atoms with van der Waals surface area (Å²) in [6.07, 6.45) is 5.12. The zero-order valence-electron chi connectivity index (χ0n) is 10.6. The average Bonchev–Trinajstić information content (AvgIpc) is 2.74. The van der Waals surface area contributed by atoms with Crippen molar-refractivity contribution in [1.82, 2.24) is 5.32 Å². The molecule has 3 heteroatoms. The number of hydrogen-bond acceptors (Lipinski definition) is 3. The highest BCUT2D eigenvalue weighted by atomic mass is 16.5. The van der Waals surface area contributed by atoms with Gasteiger partial charge in [0.15, 0.2) is 11.5 Å². The Hall–Kier alpha value is -1.22. The topological polar surface area (TPSA) is 41.5 Å². The largest absolute Gasteiger partial charge is 0.504 e. The summed E-state index contributed by atoms with van der Waals surface area (Å²) in [5, 5.41) is 13.3. The molecule has 0 spiro atoms. The van der Waals surface area contributed by atoms with Gasteiger partial charge >= 0.3 is 0 Å². The summed E-state index contributed by atoms with van der Waals surface area (Å²) < 4.78 is 5.03. The first-order valence-electron chi connectivity index (χ1n) is 6.24. The lowest BCUT2D eigenvalue weighted by atomic mass is 10.0. The molecule has 0 heterocycles. The van der Waals surface area contributed by atoms with Gasteiger partial charge in [-0.25, -0.2) is 0 Å². The fourth-order valence-corrected chi connectivity index (χ4v) is 2.49. The van der Waals surface area contributed by atoms with Crippen LogP contribution in [0.1, 0.15) is 38.2 Å². The molecule has 2 rings (SSSR count). The second-order valence-corrected chi connectivity index (χ2v) is 5.13. The van der Waals surface area contributed by atoms with E-state index in [1.165, 1.54) is 25.7 Å². The van der Waals surface area contributed by atoms with Crippen LogP contribution in [0.3, 0.4) is 0 Å². The van der Waals surface area contributed by atoms with Crippen LogP contribution in [0.15, 0.2) is 18.2 Å². The third kappa shape index (κ3) is 2.91. The summed E-state index contributed by atoms with van der Waals surface area (Å²) in [4.78, 5) is 0. The minimum atomic E-state index is 0.211. The van der Waals surface area contributed by atoms with E-state index in [2.05, 4.69) is 12.2 Å². The second-order valence-electron chi connectivity index (χ2n) is 5.13. The van der Waals surface area contributed by atoms with Crippen molar-refractivity contribution in [2.45, 2.75) is 44.7 Å². The summed E-state index contributed by atoms with van der Waals surface area (Å²) in [5.41, 5.74) is 1.37. The van der Waals surface area contributed by atoms with Gasteiger partial charge in [0, 0.05) is 12.1 Å². The molecule has 1 aliphatic rings. The standard InChI is InChI=1S/C14H21NO2/c1-14(7-3-4-8-14)15-10-11-5-6-13(17-2)12(16)9-11/h5-6,9,15-16H,3-4,7-8,10H2,1-2H3. The van der Waals surface area contributed by atoms with Crippen molar-refractivity contribution in [3.05, 3.63) is 23.8 Å². The molecule has 1 aromatic carbocycles. The van der Waals surface area contributed by atoms with Crippen molar-refractivity contribution in [2.24, 2.45) is 0 Å². The predicted molar refractivity (Wildman–Crippen MR) is 68.4 cm³/mol. The highest BCUT2D eigenvalue weighted by molar-refractivity contribution is 5.41. The molecule has 0 amide bonds. The van der Waals surface area contributed by atoms with Crippen molar-refractivity contribution < 1.29 is 9.84 Å². The van der Waals surface area contributed by atoms with E-state index in [0.29, 0.717) is 5.75 Å². The highest BCUT2D eigenvalue weighted by Gasteiger charge is 2.27. The maximum Gasteiger partial charge on any atom is 0.160 e. The molecule has 1 fully saturated rings. The first-order valence-corrected chi connectivity index (χ1v) is 6.24. The van der Waals surface area contributed by atoms with E-state index in [4.69, 9.17) is 4.74 Å². The molecule has 0 radical (unpaired) electrons. The molecule has 94 valence electrons. The van der Waals surface area contributed by atoms with Crippen LogP contribution in [0.25, 0.3) is 0 Å². The molecule has 17 heavy (non-hydrogen) atoms. The van der Waals surface area contributed by atoms with E-state index in [1.54, 1.807) is 13.2 Å². The molecule has 0 unspecified atom stereocenters. The van der Waals surface area contributed by atoms with Gasteiger partial charge in [0.2, 0.25) is 0 Å². The highest BCUT2D eigenvalue weighted by Crippen LogP contribution is 2.30. The number of hydrogen-bond donors (Lipinski definition) is 2. The monoisotopic (exact) mass is 235 g/mol. The average molecular weight is 235 g/mol. The number of rotatable bonds is 4. The predicted octanol–water partition coefficient (Wildman–Crippen LogP) is 2.82. The van der Waals surface area contributed by atoms with Crippen molar-refractivity contribution in [3.8, 4) is 11.5 Å². The molecule has 0 bridgehead atoms. The van der Waals surface area contributed by atoms with E-state index in [-0.39, 0.29) is 11.3 Å². The maximum absolute atomic E-state index is 9.69. The molecular weight excluding hydrogens is 214 g/mol. The molecule has 3 nitrogen and oxygen atoms in total. The Morgan fingerprint density at radius 1 is 1.35 bits per heavy atom. The third-order valence-electron chi connectivity index (χ3n) is 3.67. The van der Waals surface area contributed by atoms with Gasteiger partial charge in [-0.15, -0.1) is 0 Å². The summed E-state index contributed by atoms with van der Waals surface area (Å²) in [6.45, 7) is 3.08. The Labute approximate surface area is 103 Å². The van der Waals surface area contributed by atoms with Gasteiger partial charge < -0.3 is 15.2 Å². The number of benzene rings is 1. The van der Waals surface area contributed by atoms with Crippen LogP contribution in [0, 0.1) is 0 Å². The Morgan fingerprint density at radius 2 is 2.06 bits per heavy atom. The van der Waals surface area contributed by atoms with E-state index in [9.17, 15) is 5.11 Å². The lowest BCUT2D eigenvalue weighted by Crippen LogP contribution is -2.38. The van der Waals surface area contributed by atoms with Crippen LogP contribution >= 0.6 is 0 Å². The van der Waals surface area contributed by atoms with Gasteiger partial charge in [0.25, 0.3) is 0 Å². The molecule has 0 aromatic heterocycles. The summed E-state index contributed by atoms with van der Waals surface area (Å²) >= 11 is 0. The third-order valence-corrected chi connectivity index (χ3v) is 3.67. The van der Waals surface area contributed by atoms with Crippen LogP contribution in [-0.2, 0) is 6.54 Å². The lowest BCUT2D eigenvalue weighted by molar-refractivity contribution is 0.359. The smallest absolute Gasteiger partial charge is 0.160 e. The zero-order chi connectivity index (χ0) is 12.3. The number of methoxy groups -OCH3 is 1. The van der Waals surface area contributed by atoms with E-state index >= 15 is 0 Å². The fourth-order valence-electron chi connectivity index (χ4n) is 2.49. The zero-order valence-corrected chi connectivity index (χ0v) is 10.6. The van der Waals surface area contributed by atoms with Crippen molar-refractivity contribution >= 4 is 0 Å². The number of ether oxygens (including phenoxy) is 1. The summed E-state index contributed by atoms with van der Waals surface area (Å²) in [5.74, 6) is 0.740. The Morgan fingerprint density at radius 3 is 2.65 bits per heavy atom. The van der Waals surface area contributed by atoms with E-state index < -0.39 is 0 Å². The quantitative estimate of drug-likeness (QED) is 0.843. The van der Waals surface area contributed by atoms with Gasteiger partial charge in [0.05, 0.1) is 7.11 Å². The number of aromatic hydroxyl groups is 1. The normalized spacial score (nSPS) is 18.2. The molecule has 1 aromatic rings. The van der Waals surface area contributed by atoms with Crippen LogP contribution < -0.4 is 10.1 Å². The van der Waals surface area contributed by atoms with Gasteiger partial charge in [-0.05, 0) is 37.5 Å². The Kier molecular flexibility index (Phi) is 3.57. The van der Waals surface area contributed by atoms with Crippen LogP contribution in [0.5, 0.6) is 11.5 Å². The number of phenols is 1. The molecule has 0 aliphatic heterocycles. The van der Waals surface area contributed by atoms with Gasteiger partial charge in [-0.2, -0.15) is 0 Å². The lowest BCUT2D eigenvalue weighted by Gasteiger charge is -2.25. The maximum atomic E-state index is 9.69. The van der Waals surface area contributed by atoms with E-state index in [1.807, 2.05) is 12.1 Å². The minimum absolute atomic E-state index is 0.211. The van der Waals surface area contributed by atoms with Gasteiger partial charge in [-0.1, -0.05) is 18.9 Å². The van der Waals surface area contributed by atoms with Crippen LogP contribution in [-0.4, -0.2) is 17.8 Å². The Bertz CT molecular complexity index is 384. The minimum Gasteiger partial charge on any atom is -0.504 e. The first-order chi connectivity index (χ1) is 8.13. The molecule has 1 aliphatic carbocycles. The first kappa shape index (κ1) is 12.2. The second kappa shape index (κ2) is 4.96. The molecule has 0 saturated heterocycles. The SMILES string of the molecule is COc1ccc(CNC2(C)CCCC2)cc1O. The van der Waals surface area contributed by atoms with Crippen LogP contribution in [0.2, 0.25) is 0 Å². The van der Waals surface area contributed by atoms with Crippen molar-refractivity contribution in [1.29, 1.82) is 0 Å². The fraction of sp³-hybridized carbons (Fsp3) is 0.571. The molecule has 1 saturated carbocycles. The molecule has 0 atom stereocenters. The van der Waals surface area contributed by atoms with Gasteiger partial charge in [-0.3, -0.25) is 0 Å². The van der Waals surface area contributed by atoms with Gasteiger partial charge in [0.1, 0.15) is 0 Å². The summed E-state index contributed by atoms with van der Waals surface area (Å²) in [7, 11) is 1.56. The number of phenolic OH excluding ortho intramolecular Hbond substituents is 1. The molecule has 2 N–H and O–H groups in total. The van der Waals surface area contributed by atoms with Crippen molar-refractivity contribution in [3.63, 3.8) is 0 Å².